The molecule has 0 bridgehead atoms. The summed E-state index contributed by atoms with van der Waals surface area (Å²) in [5.41, 5.74) is 0.674. The highest BCUT2D eigenvalue weighted by molar-refractivity contribution is 6.13. The molecule has 0 fully saturated rings. The topological polar surface area (TPSA) is 58.6 Å². The highest BCUT2D eigenvalue weighted by Gasteiger charge is 2.23. The molecule has 0 aromatic carbocycles. The van der Waals surface area contributed by atoms with Crippen LogP contribution in [0, 0.1) is 0 Å². The van der Waals surface area contributed by atoms with Crippen molar-refractivity contribution in [2.24, 2.45) is 0 Å². The van der Waals surface area contributed by atoms with E-state index in [2.05, 4.69) is 11.9 Å². The average Bonchev–Trinajstić information content (AvgIpc) is 2.60. The van der Waals surface area contributed by atoms with Crippen molar-refractivity contribution >= 4 is 11.8 Å². The summed E-state index contributed by atoms with van der Waals surface area (Å²) < 4.78 is 4.93. The molecule has 1 aliphatic rings. The first kappa shape index (κ1) is 13.4. The number of imide groups is 1. The summed E-state index contributed by atoms with van der Waals surface area (Å²) in [6.45, 7) is 5.53. The number of hydrogen-bond acceptors (Lipinski definition) is 4. The van der Waals surface area contributed by atoms with Gasteiger partial charge in [0, 0.05) is 38.1 Å². The highest BCUT2D eigenvalue weighted by atomic mass is 16.5. The van der Waals surface area contributed by atoms with Crippen molar-refractivity contribution in [3.05, 3.63) is 24.4 Å². The molecule has 0 atom stereocenters. The fourth-order valence-corrected chi connectivity index (χ4v) is 1.47. The predicted molar refractivity (Wildman–Crippen MR) is 64.1 cm³/mol. The number of nitrogens with zero attached hydrogens (tertiary/aromatic N) is 1. The molecule has 0 unspecified atom stereocenters. The standard InChI is InChI=1S/C12H18N2O3/c1-10(13-7-3-4-8-17-2)9-14-11(15)5-6-12(14)16/h5-6,13H,1,3-4,7-9H2,2H3. The normalized spacial score (nSPS) is 14.5. The largest absolute Gasteiger partial charge is 0.387 e. The summed E-state index contributed by atoms with van der Waals surface area (Å²) in [5.74, 6) is -0.560. The molecule has 0 radical (unpaired) electrons. The lowest BCUT2D eigenvalue weighted by atomic mass is 10.3. The molecule has 0 aromatic rings. The van der Waals surface area contributed by atoms with Gasteiger partial charge in [-0.2, -0.15) is 0 Å². The highest BCUT2D eigenvalue weighted by Crippen LogP contribution is 2.05. The summed E-state index contributed by atoms with van der Waals surface area (Å²) in [6.07, 6.45) is 4.48. The third kappa shape index (κ3) is 4.40. The number of carbonyl (C=O) groups excluding carboxylic acids is 2. The van der Waals surface area contributed by atoms with Gasteiger partial charge < -0.3 is 10.1 Å². The first-order valence-electron chi connectivity index (χ1n) is 5.59. The maximum atomic E-state index is 11.3. The van der Waals surface area contributed by atoms with E-state index in [9.17, 15) is 9.59 Å². The number of amides is 2. The lowest BCUT2D eigenvalue weighted by Crippen LogP contribution is -2.35. The van der Waals surface area contributed by atoms with Crippen LogP contribution in [0.3, 0.4) is 0 Å². The summed E-state index contributed by atoms with van der Waals surface area (Å²) in [7, 11) is 1.67. The first-order chi connectivity index (χ1) is 8.15. The van der Waals surface area contributed by atoms with Crippen LogP contribution >= 0.6 is 0 Å². The second-order valence-corrected chi connectivity index (χ2v) is 3.83. The van der Waals surface area contributed by atoms with Crippen molar-refractivity contribution in [3.8, 4) is 0 Å². The molecular formula is C12H18N2O3. The van der Waals surface area contributed by atoms with Gasteiger partial charge in [0.15, 0.2) is 0 Å². The summed E-state index contributed by atoms with van der Waals surface area (Å²) >= 11 is 0. The second-order valence-electron chi connectivity index (χ2n) is 3.83. The van der Waals surface area contributed by atoms with Gasteiger partial charge >= 0.3 is 0 Å². The molecule has 0 saturated carbocycles. The Bertz CT molecular complexity index is 319. The fraction of sp³-hybridized carbons (Fsp3) is 0.500. The number of nitrogens with one attached hydrogen (secondary N) is 1. The van der Waals surface area contributed by atoms with Crippen LogP contribution in [0.5, 0.6) is 0 Å². The molecule has 94 valence electrons. The zero-order chi connectivity index (χ0) is 12.7. The van der Waals surface area contributed by atoms with Crippen molar-refractivity contribution < 1.29 is 14.3 Å². The molecule has 0 aliphatic carbocycles. The number of hydrogen-bond donors (Lipinski definition) is 1. The Morgan fingerprint density at radius 1 is 1.35 bits per heavy atom. The van der Waals surface area contributed by atoms with E-state index in [1.54, 1.807) is 7.11 Å². The van der Waals surface area contributed by atoms with Gasteiger partial charge in [0.2, 0.25) is 0 Å². The monoisotopic (exact) mass is 238 g/mol. The zero-order valence-corrected chi connectivity index (χ0v) is 10.1. The van der Waals surface area contributed by atoms with Crippen LogP contribution in [0.2, 0.25) is 0 Å². The van der Waals surface area contributed by atoms with E-state index in [1.165, 1.54) is 12.2 Å². The molecule has 0 saturated heterocycles. The Labute approximate surface area is 101 Å². The SMILES string of the molecule is C=C(CN1C(=O)C=CC1=O)NCCCCOC. The molecular weight excluding hydrogens is 220 g/mol. The van der Waals surface area contributed by atoms with Crippen LogP contribution < -0.4 is 5.32 Å². The molecule has 1 N–H and O–H groups in total. The van der Waals surface area contributed by atoms with Gasteiger partial charge in [-0.3, -0.25) is 14.5 Å². The van der Waals surface area contributed by atoms with Crippen LogP contribution in [-0.2, 0) is 14.3 Å². The minimum absolute atomic E-state index is 0.231. The second kappa shape index (κ2) is 6.85. The molecule has 1 aliphatic heterocycles. The van der Waals surface area contributed by atoms with E-state index in [-0.39, 0.29) is 18.4 Å². The molecule has 1 rings (SSSR count). The van der Waals surface area contributed by atoms with Crippen molar-refractivity contribution in [3.63, 3.8) is 0 Å². The van der Waals surface area contributed by atoms with Gasteiger partial charge in [-0.15, -0.1) is 0 Å². The van der Waals surface area contributed by atoms with Gasteiger partial charge in [-0.05, 0) is 12.8 Å². The number of unbranched alkanes of at least 4 members (excludes halogenated alkanes) is 1. The van der Waals surface area contributed by atoms with Gasteiger partial charge in [-0.1, -0.05) is 6.58 Å². The van der Waals surface area contributed by atoms with Gasteiger partial charge in [-0.25, -0.2) is 0 Å². The fourth-order valence-electron chi connectivity index (χ4n) is 1.47. The average molecular weight is 238 g/mol. The van der Waals surface area contributed by atoms with E-state index in [1.807, 2.05) is 0 Å². The Hall–Kier alpha value is -1.62. The lowest BCUT2D eigenvalue weighted by Gasteiger charge is -2.16. The Kier molecular flexibility index (Phi) is 5.42. The minimum Gasteiger partial charge on any atom is -0.387 e. The molecule has 5 heteroatoms. The molecule has 5 nitrogen and oxygen atoms in total. The van der Waals surface area contributed by atoms with Crippen molar-refractivity contribution in [1.29, 1.82) is 0 Å². The quantitative estimate of drug-likeness (QED) is 0.492. The predicted octanol–water partition coefficient (Wildman–Crippen LogP) is 0.441. The van der Waals surface area contributed by atoms with E-state index in [0.29, 0.717) is 5.70 Å². The van der Waals surface area contributed by atoms with Crippen molar-refractivity contribution in [2.45, 2.75) is 12.8 Å². The van der Waals surface area contributed by atoms with Crippen molar-refractivity contribution in [1.82, 2.24) is 10.2 Å². The minimum atomic E-state index is -0.280. The lowest BCUT2D eigenvalue weighted by molar-refractivity contribution is -0.136. The number of methoxy groups -OCH3 is 1. The summed E-state index contributed by atoms with van der Waals surface area (Å²) in [4.78, 5) is 23.7. The molecule has 0 spiro atoms. The maximum Gasteiger partial charge on any atom is 0.253 e. The number of ether oxygens (including phenoxy) is 1. The van der Waals surface area contributed by atoms with Gasteiger partial charge in [0.25, 0.3) is 11.8 Å². The molecule has 17 heavy (non-hydrogen) atoms. The van der Waals surface area contributed by atoms with Crippen LogP contribution in [-0.4, -0.2) is 43.5 Å². The summed E-state index contributed by atoms with van der Waals surface area (Å²) in [6, 6.07) is 0. The van der Waals surface area contributed by atoms with Gasteiger partial charge in [0.05, 0.1) is 6.54 Å². The molecule has 2 amide bonds. The van der Waals surface area contributed by atoms with E-state index >= 15 is 0 Å². The first-order valence-corrected chi connectivity index (χ1v) is 5.59. The Morgan fingerprint density at radius 2 is 2.00 bits per heavy atom. The van der Waals surface area contributed by atoms with Crippen LogP contribution in [0.1, 0.15) is 12.8 Å². The van der Waals surface area contributed by atoms with Crippen LogP contribution in [0.15, 0.2) is 24.4 Å². The Balaban J connectivity index is 2.17. The number of rotatable bonds is 8. The van der Waals surface area contributed by atoms with E-state index in [4.69, 9.17) is 4.74 Å². The van der Waals surface area contributed by atoms with E-state index in [0.717, 1.165) is 30.9 Å². The number of carbonyl (C=O) groups is 2. The summed E-state index contributed by atoms with van der Waals surface area (Å²) in [5, 5.41) is 3.09. The van der Waals surface area contributed by atoms with Crippen molar-refractivity contribution in [2.75, 3.05) is 26.8 Å². The zero-order valence-electron chi connectivity index (χ0n) is 10.1. The Morgan fingerprint density at radius 3 is 2.59 bits per heavy atom. The van der Waals surface area contributed by atoms with Crippen LogP contribution in [0.4, 0.5) is 0 Å². The van der Waals surface area contributed by atoms with E-state index < -0.39 is 0 Å². The molecule has 0 aromatic heterocycles. The third-order valence-corrected chi connectivity index (χ3v) is 2.40. The maximum absolute atomic E-state index is 11.3. The van der Waals surface area contributed by atoms with Gasteiger partial charge in [0.1, 0.15) is 0 Å². The molecule has 1 heterocycles. The van der Waals surface area contributed by atoms with Crippen LogP contribution in [0.25, 0.3) is 0 Å². The smallest absolute Gasteiger partial charge is 0.253 e. The third-order valence-electron chi connectivity index (χ3n) is 2.40.